The molecule has 0 aliphatic carbocycles. The number of anilines is 1. The van der Waals surface area contributed by atoms with Gasteiger partial charge in [0.2, 0.25) is 5.91 Å². The summed E-state index contributed by atoms with van der Waals surface area (Å²) < 4.78 is 0. The number of aryl methyl sites for hydroxylation is 1. The van der Waals surface area contributed by atoms with Crippen molar-refractivity contribution < 1.29 is 4.79 Å². The molecule has 7 heteroatoms. The quantitative estimate of drug-likeness (QED) is 0.565. The van der Waals surface area contributed by atoms with Gasteiger partial charge in [0.25, 0.3) is 0 Å². The molecule has 2 heterocycles. The number of hydrogen-bond acceptors (Lipinski definition) is 4. The lowest BCUT2D eigenvalue weighted by Gasteiger charge is -2.12. The first-order valence-electron chi connectivity index (χ1n) is 6.09. The summed E-state index contributed by atoms with van der Waals surface area (Å²) in [4.78, 5) is 15.7. The number of carbonyl (C=O) groups is 1. The van der Waals surface area contributed by atoms with Gasteiger partial charge in [0.1, 0.15) is 6.04 Å². The van der Waals surface area contributed by atoms with Gasteiger partial charge in [-0.05, 0) is 18.6 Å². The van der Waals surface area contributed by atoms with Gasteiger partial charge in [-0.1, -0.05) is 12.2 Å². The van der Waals surface area contributed by atoms with E-state index in [1.54, 1.807) is 6.20 Å². The molecular formula is C13H20Cl2N4O. The van der Waals surface area contributed by atoms with E-state index in [-0.39, 0.29) is 36.8 Å². The third-order valence-corrected chi connectivity index (χ3v) is 2.83. The molecule has 0 saturated heterocycles. The average molecular weight is 319 g/mol. The van der Waals surface area contributed by atoms with Gasteiger partial charge in [0, 0.05) is 37.7 Å². The van der Waals surface area contributed by atoms with E-state index in [1.165, 1.54) is 0 Å². The first-order valence-corrected chi connectivity index (χ1v) is 6.09. The lowest BCUT2D eigenvalue weighted by atomic mass is 10.2. The Hall–Kier alpha value is -1.30. The SMILES string of the molecule is Cc1cnccc1NCCNC(=O)C1C=CCN1.Cl.Cl. The third kappa shape index (κ3) is 5.36. The van der Waals surface area contributed by atoms with Crippen LogP contribution >= 0.6 is 24.8 Å². The van der Waals surface area contributed by atoms with E-state index in [4.69, 9.17) is 0 Å². The van der Waals surface area contributed by atoms with Crippen molar-refractivity contribution in [2.75, 3.05) is 25.0 Å². The predicted molar refractivity (Wildman–Crippen MR) is 85.9 cm³/mol. The van der Waals surface area contributed by atoms with Gasteiger partial charge < -0.3 is 10.6 Å². The average Bonchev–Trinajstić information content (AvgIpc) is 2.90. The highest BCUT2D eigenvalue weighted by Crippen LogP contribution is 2.10. The first kappa shape index (κ1) is 18.7. The molecule has 0 bridgehead atoms. The summed E-state index contributed by atoms with van der Waals surface area (Å²) >= 11 is 0. The van der Waals surface area contributed by atoms with Crippen molar-refractivity contribution in [3.63, 3.8) is 0 Å². The molecule has 0 radical (unpaired) electrons. The molecular weight excluding hydrogens is 299 g/mol. The van der Waals surface area contributed by atoms with E-state index in [9.17, 15) is 4.79 Å². The highest BCUT2D eigenvalue weighted by atomic mass is 35.5. The number of carbonyl (C=O) groups excluding carboxylic acids is 1. The van der Waals surface area contributed by atoms with Crippen LogP contribution in [0.2, 0.25) is 0 Å². The molecule has 1 aliphatic rings. The van der Waals surface area contributed by atoms with Crippen LogP contribution in [0.3, 0.4) is 0 Å². The molecule has 1 unspecified atom stereocenters. The van der Waals surface area contributed by atoms with Crippen molar-refractivity contribution in [2.45, 2.75) is 13.0 Å². The Bertz CT molecular complexity index is 454. The molecule has 0 spiro atoms. The Morgan fingerprint density at radius 1 is 1.45 bits per heavy atom. The molecule has 1 aromatic rings. The number of rotatable bonds is 5. The predicted octanol–water partition coefficient (Wildman–Crippen LogP) is 1.29. The van der Waals surface area contributed by atoms with Crippen LogP contribution in [0.25, 0.3) is 0 Å². The summed E-state index contributed by atoms with van der Waals surface area (Å²) in [5.41, 5.74) is 2.15. The molecule has 0 saturated carbocycles. The van der Waals surface area contributed by atoms with Gasteiger partial charge in [0.15, 0.2) is 0 Å². The van der Waals surface area contributed by atoms with Crippen LogP contribution in [0.1, 0.15) is 5.56 Å². The molecule has 20 heavy (non-hydrogen) atoms. The van der Waals surface area contributed by atoms with Crippen molar-refractivity contribution in [2.24, 2.45) is 0 Å². The van der Waals surface area contributed by atoms with E-state index in [0.717, 1.165) is 17.8 Å². The monoisotopic (exact) mass is 318 g/mol. The van der Waals surface area contributed by atoms with E-state index in [0.29, 0.717) is 13.1 Å². The van der Waals surface area contributed by atoms with Crippen molar-refractivity contribution in [3.8, 4) is 0 Å². The summed E-state index contributed by atoms with van der Waals surface area (Å²) in [5.74, 6) is 0.0250. The van der Waals surface area contributed by atoms with Crippen molar-refractivity contribution >= 4 is 36.4 Å². The second kappa shape index (κ2) is 9.58. The summed E-state index contributed by atoms with van der Waals surface area (Å²) in [6, 6.07) is 1.76. The minimum atomic E-state index is -0.173. The maximum absolute atomic E-state index is 11.7. The zero-order valence-electron chi connectivity index (χ0n) is 11.3. The lowest BCUT2D eigenvalue weighted by molar-refractivity contribution is -0.121. The summed E-state index contributed by atoms with van der Waals surface area (Å²) in [6.45, 7) is 4.08. The fourth-order valence-electron chi connectivity index (χ4n) is 1.81. The normalized spacial score (nSPS) is 15.9. The fraction of sp³-hybridized carbons (Fsp3) is 0.385. The zero-order valence-corrected chi connectivity index (χ0v) is 12.9. The molecule has 112 valence electrons. The fourth-order valence-corrected chi connectivity index (χ4v) is 1.81. The van der Waals surface area contributed by atoms with E-state index < -0.39 is 0 Å². The van der Waals surface area contributed by atoms with Crippen LogP contribution in [0, 0.1) is 6.92 Å². The van der Waals surface area contributed by atoms with Crippen molar-refractivity contribution in [1.82, 2.24) is 15.6 Å². The molecule has 5 nitrogen and oxygen atoms in total. The standard InChI is InChI=1S/C13H18N4O.2ClH/c1-10-9-14-6-4-11(10)16-7-8-17-13(18)12-3-2-5-15-12;;/h2-4,6,9,12,15H,5,7-8H2,1H3,(H,14,16)(H,17,18);2*1H. The van der Waals surface area contributed by atoms with Crippen LogP contribution in [0.4, 0.5) is 5.69 Å². The topological polar surface area (TPSA) is 66.0 Å². The van der Waals surface area contributed by atoms with E-state index >= 15 is 0 Å². The molecule has 1 aromatic heterocycles. The Kier molecular flexibility index (Phi) is 8.96. The van der Waals surface area contributed by atoms with Gasteiger partial charge in [0.05, 0.1) is 0 Å². The van der Waals surface area contributed by atoms with Gasteiger partial charge in [-0.3, -0.25) is 15.1 Å². The van der Waals surface area contributed by atoms with Crippen molar-refractivity contribution in [3.05, 3.63) is 36.2 Å². The number of halogens is 2. The Balaban J connectivity index is 0.00000180. The number of pyridine rings is 1. The number of amides is 1. The smallest absolute Gasteiger partial charge is 0.241 e. The number of nitrogens with one attached hydrogen (secondary N) is 3. The maximum atomic E-state index is 11.7. The highest BCUT2D eigenvalue weighted by molar-refractivity contribution is 5.85. The second-order valence-electron chi connectivity index (χ2n) is 4.22. The summed E-state index contributed by atoms with van der Waals surface area (Å²) in [5, 5.41) is 9.22. The van der Waals surface area contributed by atoms with Crippen LogP contribution < -0.4 is 16.0 Å². The minimum absolute atomic E-state index is 0. The molecule has 1 aliphatic heterocycles. The van der Waals surface area contributed by atoms with E-state index in [1.807, 2.05) is 31.3 Å². The number of nitrogens with zero attached hydrogens (tertiary/aromatic N) is 1. The summed E-state index contributed by atoms with van der Waals surface area (Å²) in [7, 11) is 0. The molecule has 1 atom stereocenters. The number of aromatic nitrogens is 1. The maximum Gasteiger partial charge on any atom is 0.241 e. The zero-order chi connectivity index (χ0) is 12.8. The van der Waals surface area contributed by atoms with Gasteiger partial charge in [-0.2, -0.15) is 0 Å². The van der Waals surface area contributed by atoms with E-state index in [2.05, 4.69) is 20.9 Å². The second-order valence-corrected chi connectivity index (χ2v) is 4.22. The Morgan fingerprint density at radius 3 is 2.90 bits per heavy atom. The Labute approximate surface area is 131 Å². The number of hydrogen-bond donors (Lipinski definition) is 3. The van der Waals surface area contributed by atoms with Gasteiger partial charge in [-0.25, -0.2) is 0 Å². The van der Waals surface area contributed by atoms with Crippen LogP contribution in [0.15, 0.2) is 30.6 Å². The largest absolute Gasteiger partial charge is 0.383 e. The van der Waals surface area contributed by atoms with Crippen LogP contribution in [-0.4, -0.2) is 36.6 Å². The molecule has 2 rings (SSSR count). The highest BCUT2D eigenvalue weighted by Gasteiger charge is 2.16. The third-order valence-electron chi connectivity index (χ3n) is 2.83. The molecule has 3 N–H and O–H groups in total. The lowest BCUT2D eigenvalue weighted by Crippen LogP contribution is -2.42. The molecule has 1 amide bonds. The Morgan fingerprint density at radius 2 is 2.25 bits per heavy atom. The van der Waals surface area contributed by atoms with Gasteiger partial charge in [-0.15, -0.1) is 24.8 Å². The van der Waals surface area contributed by atoms with Gasteiger partial charge >= 0.3 is 0 Å². The molecule has 0 aromatic carbocycles. The summed E-state index contributed by atoms with van der Waals surface area (Å²) in [6.07, 6.45) is 7.41. The first-order chi connectivity index (χ1) is 8.77. The van der Waals surface area contributed by atoms with Crippen molar-refractivity contribution in [1.29, 1.82) is 0 Å². The molecule has 0 fully saturated rings. The van der Waals surface area contributed by atoms with Crippen LogP contribution in [-0.2, 0) is 4.79 Å². The minimum Gasteiger partial charge on any atom is -0.383 e. The van der Waals surface area contributed by atoms with Crippen LogP contribution in [0.5, 0.6) is 0 Å².